The molecule has 3 aliphatic rings. The Morgan fingerprint density at radius 3 is 2.92 bits per heavy atom. The summed E-state index contributed by atoms with van der Waals surface area (Å²) in [7, 11) is 0. The molecule has 4 atom stereocenters. The smallest absolute Gasteiger partial charge is 0.254 e. The van der Waals surface area contributed by atoms with E-state index in [0.717, 1.165) is 25.1 Å². The third kappa shape index (κ3) is 2.85. The number of thioether (sulfide) groups is 1. The van der Waals surface area contributed by atoms with Crippen molar-refractivity contribution in [2.75, 3.05) is 31.6 Å². The summed E-state index contributed by atoms with van der Waals surface area (Å²) in [6.45, 7) is 5.70. The van der Waals surface area contributed by atoms with Gasteiger partial charge in [0.05, 0.1) is 29.6 Å². The van der Waals surface area contributed by atoms with Crippen molar-refractivity contribution in [3.05, 3.63) is 23.2 Å². The first kappa shape index (κ1) is 17.9. The highest BCUT2D eigenvalue weighted by atomic mass is 32.2. The molecule has 0 radical (unpaired) electrons. The Kier molecular flexibility index (Phi) is 4.55. The number of carbonyl (C=O) groups is 2. The minimum absolute atomic E-state index is 0.0931. The molecule has 26 heavy (non-hydrogen) atoms. The molecule has 142 valence electrons. The number of ether oxygens (including phenoxy) is 1. The van der Waals surface area contributed by atoms with E-state index in [0.29, 0.717) is 36.1 Å². The van der Waals surface area contributed by atoms with Crippen LogP contribution in [0.5, 0.6) is 0 Å². The van der Waals surface area contributed by atoms with Gasteiger partial charge in [0.2, 0.25) is 5.91 Å². The van der Waals surface area contributed by atoms with Crippen molar-refractivity contribution < 1.29 is 18.7 Å². The Morgan fingerprint density at radius 2 is 2.23 bits per heavy atom. The molecule has 2 amide bonds. The van der Waals surface area contributed by atoms with Crippen LogP contribution in [0.1, 0.15) is 34.7 Å². The van der Waals surface area contributed by atoms with Crippen molar-refractivity contribution in [1.82, 2.24) is 10.2 Å². The van der Waals surface area contributed by atoms with Crippen LogP contribution in [0.2, 0.25) is 0 Å². The molecule has 3 saturated heterocycles. The zero-order chi connectivity index (χ0) is 18.5. The maximum Gasteiger partial charge on any atom is 0.254 e. The van der Waals surface area contributed by atoms with Crippen LogP contribution in [0.15, 0.2) is 10.5 Å². The molecule has 7 heteroatoms. The molecule has 2 bridgehead atoms. The van der Waals surface area contributed by atoms with Crippen LogP contribution in [0.3, 0.4) is 0 Å². The lowest BCUT2D eigenvalue weighted by molar-refractivity contribution is -0.128. The molecule has 1 N–H and O–H groups in total. The third-order valence-corrected chi connectivity index (χ3v) is 6.72. The number of aryl methyl sites for hydroxylation is 2. The van der Waals surface area contributed by atoms with Crippen molar-refractivity contribution in [3.8, 4) is 0 Å². The predicted molar refractivity (Wildman–Crippen MR) is 99.3 cm³/mol. The first-order chi connectivity index (χ1) is 12.4. The summed E-state index contributed by atoms with van der Waals surface area (Å²) in [6, 6.07) is 1.78. The number of hydrogen-bond donors (Lipinski definition) is 1. The number of nitrogens with one attached hydrogen (secondary N) is 1. The van der Waals surface area contributed by atoms with Gasteiger partial charge in [-0.05, 0) is 39.0 Å². The van der Waals surface area contributed by atoms with E-state index in [-0.39, 0.29) is 29.4 Å². The van der Waals surface area contributed by atoms with Crippen LogP contribution < -0.4 is 5.32 Å². The summed E-state index contributed by atoms with van der Waals surface area (Å²) in [5, 5.41) is 3.07. The highest BCUT2D eigenvalue weighted by Gasteiger charge is 2.63. The van der Waals surface area contributed by atoms with Gasteiger partial charge in [-0.15, -0.1) is 0 Å². The lowest BCUT2D eigenvalue weighted by Gasteiger charge is -2.29. The predicted octanol–water partition coefficient (Wildman–Crippen LogP) is 2.00. The molecule has 4 heterocycles. The standard InChI is InChI=1S/C19H26N2O4S/c1-11-6-13(12(2)24-11)18(23)20-7-14-15-8-21(17(22)9-26-3)10-19(15)5-4-16(14)25-19/h6,14-16H,4-5,7-10H2,1-3H3,(H,20,23)/t14-,15+,16+,19+/m0/s1. The summed E-state index contributed by atoms with van der Waals surface area (Å²) in [5.74, 6) is 2.61. The van der Waals surface area contributed by atoms with Gasteiger partial charge >= 0.3 is 0 Å². The van der Waals surface area contributed by atoms with Gasteiger partial charge in [0, 0.05) is 24.9 Å². The second-order valence-corrected chi connectivity index (χ2v) is 8.64. The molecule has 4 rings (SSSR count). The molecule has 6 nitrogen and oxygen atoms in total. The zero-order valence-corrected chi connectivity index (χ0v) is 16.4. The molecule has 0 aliphatic carbocycles. The van der Waals surface area contributed by atoms with Gasteiger partial charge in [-0.3, -0.25) is 9.59 Å². The first-order valence-corrected chi connectivity index (χ1v) is 10.6. The van der Waals surface area contributed by atoms with E-state index in [9.17, 15) is 9.59 Å². The minimum Gasteiger partial charge on any atom is -0.466 e. The molecule has 0 aromatic carbocycles. The van der Waals surface area contributed by atoms with Crippen LogP contribution in [-0.4, -0.2) is 60.1 Å². The lowest BCUT2D eigenvalue weighted by atomic mass is 9.73. The van der Waals surface area contributed by atoms with Gasteiger partial charge in [-0.2, -0.15) is 11.8 Å². The van der Waals surface area contributed by atoms with Gasteiger partial charge in [-0.25, -0.2) is 0 Å². The van der Waals surface area contributed by atoms with Gasteiger partial charge in [-0.1, -0.05) is 0 Å². The van der Waals surface area contributed by atoms with Gasteiger partial charge in [0.25, 0.3) is 5.91 Å². The molecule has 1 aromatic heterocycles. The Morgan fingerprint density at radius 1 is 1.42 bits per heavy atom. The summed E-state index contributed by atoms with van der Waals surface area (Å²) in [5.41, 5.74) is 0.417. The first-order valence-electron chi connectivity index (χ1n) is 9.23. The van der Waals surface area contributed by atoms with Crippen molar-refractivity contribution in [3.63, 3.8) is 0 Å². The van der Waals surface area contributed by atoms with Crippen LogP contribution in [0.4, 0.5) is 0 Å². The number of carbonyl (C=O) groups excluding carboxylic acids is 2. The average Bonchev–Trinajstić information content (AvgIpc) is 3.32. The topological polar surface area (TPSA) is 71.8 Å². The molecular formula is C19H26N2O4S. The van der Waals surface area contributed by atoms with E-state index in [1.54, 1.807) is 17.8 Å². The van der Waals surface area contributed by atoms with Crippen molar-refractivity contribution in [2.24, 2.45) is 11.8 Å². The van der Waals surface area contributed by atoms with Crippen molar-refractivity contribution in [2.45, 2.75) is 38.4 Å². The molecule has 0 saturated carbocycles. The molecule has 3 aliphatic heterocycles. The second-order valence-electron chi connectivity index (χ2n) is 7.77. The number of likely N-dealkylation sites (tertiary alicyclic amines) is 1. The molecule has 3 fully saturated rings. The Hall–Kier alpha value is -1.47. The summed E-state index contributed by atoms with van der Waals surface area (Å²) < 4.78 is 11.8. The summed E-state index contributed by atoms with van der Waals surface area (Å²) in [6.07, 6.45) is 4.19. The zero-order valence-electron chi connectivity index (χ0n) is 15.5. The Bertz CT molecular complexity index is 733. The Balaban J connectivity index is 1.42. The van der Waals surface area contributed by atoms with Crippen molar-refractivity contribution in [1.29, 1.82) is 0 Å². The molecule has 1 spiro atoms. The molecular weight excluding hydrogens is 352 g/mol. The quantitative estimate of drug-likeness (QED) is 0.848. The van der Waals surface area contributed by atoms with E-state index < -0.39 is 0 Å². The Labute approximate surface area is 158 Å². The number of nitrogens with zero attached hydrogens (tertiary/aromatic N) is 1. The number of amides is 2. The summed E-state index contributed by atoms with van der Waals surface area (Å²) in [4.78, 5) is 26.8. The highest BCUT2D eigenvalue weighted by Crippen LogP contribution is 2.54. The molecule has 1 aromatic rings. The van der Waals surface area contributed by atoms with E-state index in [4.69, 9.17) is 9.15 Å². The highest BCUT2D eigenvalue weighted by molar-refractivity contribution is 7.99. The number of hydrogen-bond acceptors (Lipinski definition) is 5. The number of fused-ring (bicyclic) bond motifs is 1. The second kappa shape index (κ2) is 6.60. The average molecular weight is 378 g/mol. The fraction of sp³-hybridized carbons (Fsp3) is 0.684. The SMILES string of the molecule is CSCC(=O)N1C[C@@H]2[C@H](CNC(=O)c3cc(C)oc3C)[C@H]3CC[C@]2(C1)O3. The largest absolute Gasteiger partial charge is 0.466 e. The van der Waals surface area contributed by atoms with E-state index in [2.05, 4.69) is 5.32 Å². The summed E-state index contributed by atoms with van der Waals surface area (Å²) >= 11 is 1.56. The maximum absolute atomic E-state index is 12.5. The van der Waals surface area contributed by atoms with Crippen LogP contribution >= 0.6 is 11.8 Å². The van der Waals surface area contributed by atoms with E-state index in [1.165, 1.54) is 0 Å². The normalized spacial score (nSPS) is 32.1. The van der Waals surface area contributed by atoms with Crippen LogP contribution in [0.25, 0.3) is 0 Å². The third-order valence-electron chi connectivity index (χ3n) is 6.19. The molecule has 0 unspecified atom stereocenters. The van der Waals surface area contributed by atoms with Gasteiger partial charge < -0.3 is 19.4 Å². The number of furan rings is 1. The van der Waals surface area contributed by atoms with E-state index in [1.807, 2.05) is 25.0 Å². The fourth-order valence-electron chi connectivity index (χ4n) is 5.03. The van der Waals surface area contributed by atoms with Crippen LogP contribution in [-0.2, 0) is 9.53 Å². The van der Waals surface area contributed by atoms with Crippen molar-refractivity contribution >= 4 is 23.6 Å². The van der Waals surface area contributed by atoms with Gasteiger partial charge in [0.15, 0.2) is 0 Å². The lowest BCUT2D eigenvalue weighted by Crippen LogP contribution is -2.41. The monoisotopic (exact) mass is 378 g/mol. The number of rotatable bonds is 5. The minimum atomic E-state index is -0.184. The maximum atomic E-state index is 12.5. The van der Waals surface area contributed by atoms with E-state index >= 15 is 0 Å². The van der Waals surface area contributed by atoms with Crippen LogP contribution in [0, 0.1) is 25.7 Å². The van der Waals surface area contributed by atoms with Gasteiger partial charge in [0.1, 0.15) is 11.5 Å². The fourth-order valence-corrected chi connectivity index (χ4v) is 5.46.